The molecule has 3 heterocycles. The van der Waals surface area contributed by atoms with Crippen LogP contribution in [0.15, 0.2) is 66.9 Å². The van der Waals surface area contributed by atoms with Gasteiger partial charge in [0.2, 0.25) is 0 Å². The van der Waals surface area contributed by atoms with Crippen molar-refractivity contribution in [3.8, 4) is 16.9 Å². The fraction of sp³-hybridized carbons (Fsp3) is 0.259. The molecule has 2 aromatic carbocycles. The number of benzene rings is 2. The Kier molecular flexibility index (Phi) is 6.96. The van der Waals surface area contributed by atoms with Crippen molar-refractivity contribution in [2.75, 3.05) is 28.7 Å². The number of nitrogens with one attached hydrogen (secondary N) is 1. The summed E-state index contributed by atoms with van der Waals surface area (Å²) in [6, 6.07) is 15.0. The summed E-state index contributed by atoms with van der Waals surface area (Å²) in [4.78, 5) is 21.9. The summed E-state index contributed by atoms with van der Waals surface area (Å²) >= 11 is 0. The highest BCUT2D eigenvalue weighted by atomic mass is 19.4. The summed E-state index contributed by atoms with van der Waals surface area (Å²) in [6.07, 6.45) is -2.10. The van der Waals surface area contributed by atoms with E-state index in [4.69, 9.17) is 10.7 Å². The monoisotopic (exact) mass is 536 g/mol. The molecule has 0 unspecified atom stereocenters. The van der Waals surface area contributed by atoms with E-state index in [2.05, 4.69) is 15.6 Å². The van der Waals surface area contributed by atoms with Gasteiger partial charge in [-0.15, -0.1) is 5.10 Å². The second kappa shape index (κ2) is 10.4. The third-order valence-electron chi connectivity index (χ3n) is 6.63. The van der Waals surface area contributed by atoms with Gasteiger partial charge >= 0.3 is 12.2 Å². The van der Waals surface area contributed by atoms with Crippen molar-refractivity contribution in [1.82, 2.24) is 20.0 Å². The van der Waals surface area contributed by atoms with Crippen molar-refractivity contribution in [2.45, 2.75) is 32.1 Å². The first-order chi connectivity index (χ1) is 18.6. The Morgan fingerprint density at radius 2 is 1.92 bits per heavy atom. The van der Waals surface area contributed by atoms with E-state index < -0.39 is 17.8 Å². The molecule has 1 aliphatic heterocycles. The lowest BCUT2D eigenvalue weighted by Crippen LogP contribution is -2.42. The normalized spacial score (nSPS) is 15.6. The number of hydrogen-bond acceptors (Lipinski definition) is 6. The van der Waals surface area contributed by atoms with Gasteiger partial charge in [-0.25, -0.2) is 14.5 Å². The SMILES string of the molecule is C[C@@H]1CCN(C)c2ccc(-c3cccc(C(F)(F)F)c3)nc2N1C(=O)Nc1cccc(-n2cc(CN)nn2)c1. The smallest absolute Gasteiger partial charge is 0.372 e. The maximum Gasteiger partial charge on any atom is 0.416 e. The van der Waals surface area contributed by atoms with Crippen LogP contribution in [0.2, 0.25) is 0 Å². The average Bonchev–Trinajstić information content (AvgIpc) is 3.37. The van der Waals surface area contributed by atoms with E-state index in [0.29, 0.717) is 52.8 Å². The Morgan fingerprint density at radius 1 is 1.13 bits per heavy atom. The molecule has 2 amide bonds. The summed E-state index contributed by atoms with van der Waals surface area (Å²) in [7, 11) is 1.90. The molecule has 1 atom stereocenters. The zero-order valence-corrected chi connectivity index (χ0v) is 21.4. The molecule has 0 fully saturated rings. The van der Waals surface area contributed by atoms with Gasteiger partial charge in [0.25, 0.3) is 0 Å². The van der Waals surface area contributed by atoms with Crippen molar-refractivity contribution in [3.05, 3.63) is 78.1 Å². The summed E-state index contributed by atoms with van der Waals surface area (Å²) < 4.78 is 41.6. The lowest BCUT2D eigenvalue weighted by molar-refractivity contribution is -0.137. The summed E-state index contributed by atoms with van der Waals surface area (Å²) in [6.45, 7) is 2.85. The number of alkyl halides is 3. The maximum absolute atomic E-state index is 13.7. The number of aromatic nitrogens is 4. The topological polar surface area (TPSA) is 105 Å². The number of carbonyl (C=O) groups is 1. The van der Waals surface area contributed by atoms with Gasteiger partial charge in [-0.3, -0.25) is 4.90 Å². The highest BCUT2D eigenvalue weighted by molar-refractivity contribution is 6.04. The molecule has 1 aliphatic rings. The molecule has 0 radical (unpaired) electrons. The van der Waals surface area contributed by atoms with Crippen LogP contribution in [0.1, 0.15) is 24.6 Å². The second-order valence-electron chi connectivity index (χ2n) is 9.39. The van der Waals surface area contributed by atoms with Crippen LogP contribution in [-0.4, -0.2) is 45.6 Å². The number of halogens is 3. The van der Waals surface area contributed by atoms with Gasteiger partial charge in [-0.2, -0.15) is 13.2 Å². The Bertz CT molecular complexity index is 1500. The predicted molar refractivity (Wildman–Crippen MR) is 143 cm³/mol. The van der Waals surface area contributed by atoms with Gasteiger partial charge in [-0.05, 0) is 55.8 Å². The fourth-order valence-corrected chi connectivity index (χ4v) is 4.50. The van der Waals surface area contributed by atoms with Crippen molar-refractivity contribution < 1.29 is 18.0 Å². The number of urea groups is 1. The van der Waals surface area contributed by atoms with Gasteiger partial charge in [0.05, 0.1) is 34.5 Å². The molecule has 0 saturated carbocycles. The van der Waals surface area contributed by atoms with E-state index in [9.17, 15) is 18.0 Å². The highest BCUT2D eigenvalue weighted by Gasteiger charge is 2.32. The standard InChI is InChI=1S/C27H27F3N8O/c1-17-11-12-36(2)24-10-9-23(18-5-3-6-19(13-18)27(28,29)30)33-25(24)38(17)26(39)32-20-7-4-8-22(14-20)37-16-21(15-31)34-35-37/h3-10,13-14,16-17H,11-12,15,31H2,1-2H3,(H,32,39)/t17-/m1/s1. The maximum atomic E-state index is 13.7. The zero-order valence-electron chi connectivity index (χ0n) is 21.4. The van der Waals surface area contributed by atoms with Gasteiger partial charge in [0.1, 0.15) is 0 Å². The van der Waals surface area contributed by atoms with Crippen LogP contribution in [0.3, 0.4) is 0 Å². The van der Waals surface area contributed by atoms with Crippen molar-refractivity contribution >= 4 is 23.2 Å². The van der Waals surface area contributed by atoms with Crippen LogP contribution in [-0.2, 0) is 12.7 Å². The highest BCUT2D eigenvalue weighted by Crippen LogP contribution is 2.37. The van der Waals surface area contributed by atoms with E-state index in [1.54, 1.807) is 52.2 Å². The van der Waals surface area contributed by atoms with Gasteiger partial charge in [-0.1, -0.05) is 23.4 Å². The molecule has 0 spiro atoms. The van der Waals surface area contributed by atoms with Gasteiger partial charge in [0, 0.05) is 37.4 Å². The molecule has 12 heteroatoms. The number of rotatable bonds is 4. The van der Waals surface area contributed by atoms with Crippen molar-refractivity contribution in [3.63, 3.8) is 0 Å². The summed E-state index contributed by atoms with van der Waals surface area (Å²) in [5, 5.41) is 11.0. The van der Waals surface area contributed by atoms with Gasteiger partial charge < -0.3 is 16.0 Å². The number of amides is 2. The Labute approximate surface area is 223 Å². The van der Waals surface area contributed by atoms with E-state index >= 15 is 0 Å². The number of pyridine rings is 1. The minimum atomic E-state index is -4.48. The molecule has 39 heavy (non-hydrogen) atoms. The Balaban J connectivity index is 1.49. The molecule has 2 aromatic heterocycles. The molecule has 0 bridgehead atoms. The Hall–Kier alpha value is -4.45. The van der Waals surface area contributed by atoms with Crippen LogP contribution < -0.4 is 20.9 Å². The lowest BCUT2D eigenvalue weighted by atomic mass is 10.1. The van der Waals surface area contributed by atoms with E-state index in [1.807, 2.05) is 24.9 Å². The first-order valence-electron chi connectivity index (χ1n) is 12.4. The largest absolute Gasteiger partial charge is 0.416 e. The molecular weight excluding hydrogens is 509 g/mol. The average molecular weight is 537 g/mol. The molecular formula is C27H27F3N8O. The third kappa shape index (κ3) is 5.41. The zero-order chi connectivity index (χ0) is 27.7. The van der Waals surface area contributed by atoms with E-state index in [-0.39, 0.29) is 12.6 Å². The van der Waals surface area contributed by atoms with Crippen molar-refractivity contribution in [2.24, 2.45) is 5.73 Å². The predicted octanol–water partition coefficient (Wildman–Crippen LogP) is 5.07. The number of nitrogens with two attached hydrogens (primary N) is 1. The summed E-state index contributed by atoms with van der Waals surface area (Å²) in [5.74, 6) is 0.370. The Morgan fingerprint density at radius 3 is 2.67 bits per heavy atom. The number of carbonyl (C=O) groups excluding carboxylic acids is 1. The number of anilines is 3. The molecule has 0 aliphatic carbocycles. The minimum Gasteiger partial charge on any atom is -0.372 e. The first-order valence-corrected chi connectivity index (χ1v) is 12.4. The number of nitrogens with zero attached hydrogens (tertiary/aromatic N) is 6. The first kappa shape index (κ1) is 26.2. The quantitative estimate of drug-likeness (QED) is 0.377. The molecule has 202 valence electrons. The van der Waals surface area contributed by atoms with Crippen LogP contribution in [0.25, 0.3) is 16.9 Å². The van der Waals surface area contributed by atoms with Crippen LogP contribution in [0.5, 0.6) is 0 Å². The second-order valence-corrected chi connectivity index (χ2v) is 9.39. The molecule has 5 rings (SSSR count). The van der Waals surface area contributed by atoms with Gasteiger partial charge in [0.15, 0.2) is 5.82 Å². The lowest BCUT2D eigenvalue weighted by Gasteiger charge is -2.28. The fourth-order valence-electron chi connectivity index (χ4n) is 4.50. The number of fused-ring (bicyclic) bond motifs is 1. The van der Waals surface area contributed by atoms with E-state index in [0.717, 1.165) is 12.1 Å². The number of hydrogen-bond donors (Lipinski definition) is 2. The van der Waals surface area contributed by atoms with Crippen LogP contribution >= 0.6 is 0 Å². The molecule has 4 aromatic rings. The molecule has 9 nitrogen and oxygen atoms in total. The summed E-state index contributed by atoms with van der Waals surface area (Å²) in [5.41, 5.74) is 8.07. The van der Waals surface area contributed by atoms with Crippen LogP contribution in [0.4, 0.5) is 35.2 Å². The van der Waals surface area contributed by atoms with Crippen LogP contribution in [0, 0.1) is 0 Å². The molecule has 3 N–H and O–H groups in total. The third-order valence-corrected chi connectivity index (χ3v) is 6.63. The van der Waals surface area contributed by atoms with Crippen molar-refractivity contribution in [1.29, 1.82) is 0 Å². The minimum absolute atomic E-state index is 0.233. The molecule has 0 saturated heterocycles. The van der Waals surface area contributed by atoms with E-state index in [1.165, 1.54) is 6.07 Å².